The van der Waals surface area contributed by atoms with Gasteiger partial charge in [0.1, 0.15) is 0 Å². The molecule has 3 aromatic rings. The van der Waals surface area contributed by atoms with Crippen LogP contribution >= 0.6 is 0 Å². The van der Waals surface area contributed by atoms with Crippen molar-refractivity contribution in [2.75, 3.05) is 0 Å². The Balaban J connectivity index is 1.82. The summed E-state index contributed by atoms with van der Waals surface area (Å²) in [7, 11) is 0.688. The van der Waals surface area contributed by atoms with Gasteiger partial charge in [-0.05, 0) is 58.6 Å². The lowest BCUT2D eigenvalue weighted by Gasteiger charge is -2.26. The molecule has 0 fully saturated rings. The summed E-state index contributed by atoms with van der Waals surface area (Å²) in [6.45, 7) is 15.0. The van der Waals surface area contributed by atoms with Crippen LogP contribution in [-0.4, -0.2) is 12.2 Å². The Hall–Kier alpha value is -3.78. The highest BCUT2D eigenvalue weighted by Crippen LogP contribution is 2.23. The molecule has 1 nitrogen and oxygen atoms in total. The van der Waals surface area contributed by atoms with Gasteiger partial charge < -0.3 is 4.81 Å². The minimum absolute atomic E-state index is 0.688. The van der Waals surface area contributed by atoms with E-state index < -0.39 is 0 Å². The van der Waals surface area contributed by atoms with Crippen LogP contribution in [0.2, 0.25) is 0 Å². The highest BCUT2D eigenvalue weighted by Gasteiger charge is 2.16. The number of rotatable bonds is 2. The highest BCUT2D eigenvalue weighted by molar-refractivity contribution is 6.59. The quantitative estimate of drug-likeness (QED) is 0.327. The first kappa shape index (κ1) is 21.5. The van der Waals surface area contributed by atoms with E-state index in [-0.39, 0.29) is 0 Å². The number of hydrogen-bond acceptors (Lipinski definition) is 1. The fourth-order valence-electron chi connectivity index (χ4n) is 4.02. The van der Waals surface area contributed by atoms with Gasteiger partial charge in [-0.25, -0.2) is 0 Å². The molecule has 1 aliphatic rings. The summed E-state index contributed by atoms with van der Waals surface area (Å²) >= 11 is 0. The minimum atomic E-state index is 0.688. The first-order valence-corrected chi connectivity index (χ1v) is 10.9. The topological polar surface area (TPSA) is 3.24 Å². The average molecular weight is 413 g/mol. The molecule has 0 spiro atoms. The number of allylic oxidation sites excluding steroid dienone is 9. The molecular formula is C30H28BN. The Morgan fingerprint density at radius 1 is 0.750 bits per heavy atom. The summed E-state index contributed by atoms with van der Waals surface area (Å²) in [5.41, 5.74) is 5.35. The average Bonchev–Trinajstić information content (AvgIpc) is 2.81. The van der Waals surface area contributed by atoms with Crippen molar-refractivity contribution in [3.05, 3.63) is 139 Å². The smallest absolute Gasteiger partial charge is 0.276 e. The third kappa shape index (κ3) is 4.76. The second-order valence-electron chi connectivity index (χ2n) is 8.23. The van der Waals surface area contributed by atoms with Gasteiger partial charge >= 0.3 is 0 Å². The summed E-state index contributed by atoms with van der Waals surface area (Å²) < 4.78 is 0. The van der Waals surface area contributed by atoms with Crippen molar-refractivity contribution in [1.82, 2.24) is 4.81 Å². The molecule has 0 aromatic heterocycles. The van der Waals surface area contributed by atoms with Gasteiger partial charge in [-0.15, -0.1) is 0 Å². The van der Waals surface area contributed by atoms with Gasteiger partial charge in [-0.1, -0.05) is 110 Å². The molecule has 0 radical (unpaired) electrons. The Morgan fingerprint density at radius 2 is 1.34 bits per heavy atom. The van der Waals surface area contributed by atoms with Crippen molar-refractivity contribution in [1.29, 1.82) is 0 Å². The second-order valence-corrected chi connectivity index (χ2v) is 8.23. The van der Waals surface area contributed by atoms with Crippen molar-refractivity contribution in [3.63, 3.8) is 0 Å². The molecule has 0 saturated carbocycles. The number of benzene rings is 3. The lowest BCUT2D eigenvalue weighted by atomic mass is 9.73. The van der Waals surface area contributed by atoms with Crippen molar-refractivity contribution >= 4 is 34.4 Å². The van der Waals surface area contributed by atoms with Crippen molar-refractivity contribution in [2.24, 2.45) is 0 Å². The Labute approximate surface area is 192 Å². The number of nitrogens with zero attached hydrogens (tertiary/aromatic N) is 1. The van der Waals surface area contributed by atoms with E-state index >= 15 is 0 Å². The molecule has 2 heteroatoms. The van der Waals surface area contributed by atoms with Crippen LogP contribution in [0.25, 0.3) is 21.5 Å². The molecule has 0 N–H and O–H groups in total. The normalized spacial score (nSPS) is 20.1. The molecular weight excluding hydrogens is 385 g/mol. The maximum atomic E-state index is 4.38. The lowest BCUT2D eigenvalue weighted by molar-refractivity contribution is 0.726. The van der Waals surface area contributed by atoms with Crippen LogP contribution in [0, 0.1) is 0 Å². The fourth-order valence-corrected chi connectivity index (χ4v) is 4.02. The summed E-state index contributed by atoms with van der Waals surface area (Å²) in [6, 6.07) is 19.4. The largest absolute Gasteiger partial charge is 0.386 e. The number of fused-ring (bicyclic) bond motifs is 2. The molecule has 32 heavy (non-hydrogen) atoms. The maximum absolute atomic E-state index is 4.38. The molecule has 0 unspecified atom stereocenters. The zero-order chi connectivity index (χ0) is 22.5. The maximum Gasteiger partial charge on any atom is 0.276 e. The van der Waals surface area contributed by atoms with Gasteiger partial charge in [-0.2, -0.15) is 0 Å². The van der Waals surface area contributed by atoms with Crippen LogP contribution in [0.5, 0.6) is 0 Å². The minimum Gasteiger partial charge on any atom is -0.386 e. The molecule has 3 aromatic carbocycles. The molecule has 0 atom stereocenters. The highest BCUT2D eigenvalue weighted by atomic mass is 15.1. The van der Waals surface area contributed by atoms with E-state index in [0.29, 0.717) is 7.41 Å². The molecule has 0 saturated heterocycles. The Kier molecular flexibility index (Phi) is 6.42. The monoisotopic (exact) mass is 413 g/mol. The van der Waals surface area contributed by atoms with E-state index in [9.17, 15) is 0 Å². The molecule has 1 aliphatic heterocycles. The van der Waals surface area contributed by atoms with Crippen LogP contribution in [0.4, 0.5) is 0 Å². The van der Waals surface area contributed by atoms with Gasteiger partial charge in [0.05, 0.1) is 0 Å². The predicted molar refractivity (Wildman–Crippen MR) is 143 cm³/mol. The van der Waals surface area contributed by atoms with Gasteiger partial charge in [0.2, 0.25) is 0 Å². The third-order valence-electron chi connectivity index (χ3n) is 5.85. The van der Waals surface area contributed by atoms with Crippen LogP contribution in [0.3, 0.4) is 0 Å². The summed E-state index contributed by atoms with van der Waals surface area (Å²) in [5, 5.41) is 5.01. The fraction of sp³-hybridized carbons (Fsp3) is 0.0667. The zero-order valence-corrected chi connectivity index (χ0v) is 18.7. The molecule has 0 bridgehead atoms. The third-order valence-corrected chi connectivity index (χ3v) is 5.85. The van der Waals surface area contributed by atoms with E-state index in [2.05, 4.69) is 104 Å². The van der Waals surface area contributed by atoms with E-state index in [0.717, 1.165) is 23.4 Å². The first-order chi connectivity index (χ1) is 15.5. The Morgan fingerprint density at radius 3 is 2.03 bits per heavy atom. The van der Waals surface area contributed by atoms with Crippen LogP contribution < -0.4 is 5.46 Å². The van der Waals surface area contributed by atoms with Crippen molar-refractivity contribution in [3.8, 4) is 0 Å². The van der Waals surface area contributed by atoms with Crippen LogP contribution in [0.1, 0.15) is 13.3 Å². The number of hydrogen-bond donors (Lipinski definition) is 0. The van der Waals surface area contributed by atoms with Crippen molar-refractivity contribution < 1.29 is 0 Å². The summed E-state index contributed by atoms with van der Waals surface area (Å²) in [4.78, 5) is 2.19. The van der Waals surface area contributed by atoms with E-state index in [1.807, 2.05) is 24.3 Å². The zero-order valence-electron chi connectivity index (χ0n) is 18.7. The first-order valence-electron chi connectivity index (χ1n) is 10.9. The molecule has 4 rings (SSSR count). The molecule has 0 aliphatic carbocycles. The molecule has 156 valence electrons. The standard InChI is InChI=1S/C30H28BN/c1-22-11-5-6-12-24(3)32(25(4)20-19-23(2)18-17-22)31-30-28-15-9-7-13-26(28)21-27-14-8-10-16-29(27)30/h5-16,18-21,31H,1,3-4,17H2,2H3/b11-5-,12-6-,20-19-,23-18-. The SMILES string of the molecule is C=C1/C=C\C=C/C(=C)N(Bc2c3ccccc3cc3ccccc23)C(=C)/C=C\C(C)=C/C1. The second kappa shape index (κ2) is 9.57. The Bertz CT molecular complexity index is 1280. The molecule has 0 amide bonds. The summed E-state index contributed by atoms with van der Waals surface area (Å²) in [5.74, 6) is 0. The summed E-state index contributed by atoms with van der Waals surface area (Å²) in [6.07, 6.45) is 15.3. The van der Waals surface area contributed by atoms with Crippen LogP contribution in [-0.2, 0) is 0 Å². The van der Waals surface area contributed by atoms with E-state index in [1.165, 1.54) is 32.6 Å². The van der Waals surface area contributed by atoms with Gasteiger partial charge in [-0.3, -0.25) is 0 Å². The predicted octanol–water partition coefficient (Wildman–Crippen LogP) is 6.87. The van der Waals surface area contributed by atoms with Gasteiger partial charge in [0.25, 0.3) is 7.41 Å². The molecule has 1 heterocycles. The van der Waals surface area contributed by atoms with Gasteiger partial charge in [0.15, 0.2) is 0 Å². The van der Waals surface area contributed by atoms with Crippen LogP contribution in [0.15, 0.2) is 139 Å². The lowest BCUT2D eigenvalue weighted by Crippen LogP contribution is -2.34. The van der Waals surface area contributed by atoms with E-state index in [1.54, 1.807) is 0 Å². The van der Waals surface area contributed by atoms with Gasteiger partial charge in [0, 0.05) is 11.4 Å². The van der Waals surface area contributed by atoms with E-state index in [4.69, 9.17) is 0 Å². The van der Waals surface area contributed by atoms with Crippen molar-refractivity contribution in [2.45, 2.75) is 13.3 Å².